The molecule has 1 heterocycles. The molecule has 2 rings (SSSR count). The summed E-state index contributed by atoms with van der Waals surface area (Å²) in [4.78, 5) is 16.5. The van der Waals surface area contributed by atoms with Crippen LogP contribution in [0.2, 0.25) is 0 Å². The van der Waals surface area contributed by atoms with Crippen molar-refractivity contribution in [2.45, 2.75) is 20.0 Å². The average Bonchev–Trinajstić information content (AvgIpc) is 2.66. The van der Waals surface area contributed by atoms with Crippen molar-refractivity contribution in [3.63, 3.8) is 0 Å². The van der Waals surface area contributed by atoms with Crippen molar-refractivity contribution in [2.24, 2.45) is 11.1 Å². The minimum Gasteiger partial charge on any atom is -0.388 e. The number of nitrogens with two attached hydrogens (primary N) is 1. The Labute approximate surface area is 98.7 Å². The van der Waals surface area contributed by atoms with Crippen molar-refractivity contribution in [3.8, 4) is 0 Å². The van der Waals surface area contributed by atoms with Crippen LogP contribution in [0.1, 0.15) is 25.5 Å². The Morgan fingerprint density at radius 2 is 2.00 bits per heavy atom. The van der Waals surface area contributed by atoms with E-state index in [9.17, 15) is 9.90 Å². The van der Waals surface area contributed by atoms with Crippen molar-refractivity contribution < 1.29 is 5.11 Å². The molecule has 0 aliphatic rings. The Morgan fingerprint density at radius 3 is 2.65 bits per heavy atom. The summed E-state index contributed by atoms with van der Waals surface area (Å²) >= 11 is 0. The summed E-state index contributed by atoms with van der Waals surface area (Å²) in [5.74, 6) is 0. The average molecular weight is 235 g/mol. The molecule has 0 fully saturated rings. The maximum atomic E-state index is 11.1. The van der Waals surface area contributed by atoms with E-state index < -0.39 is 11.5 Å². The SMILES string of the molecule is CC(C)(CN)C(O)c1ccc2[nH]c(=O)[nH]c2c1. The van der Waals surface area contributed by atoms with E-state index in [2.05, 4.69) is 9.97 Å². The molecule has 17 heavy (non-hydrogen) atoms. The zero-order valence-corrected chi connectivity index (χ0v) is 9.95. The first kappa shape index (κ1) is 11.9. The lowest BCUT2D eigenvalue weighted by atomic mass is 9.83. The van der Waals surface area contributed by atoms with Crippen LogP contribution in [0, 0.1) is 5.41 Å². The largest absolute Gasteiger partial charge is 0.388 e. The summed E-state index contributed by atoms with van der Waals surface area (Å²) in [7, 11) is 0. The van der Waals surface area contributed by atoms with Gasteiger partial charge in [0.1, 0.15) is 0 Å². The number of imidazole rings is 1. The molecule has 0 aliphatic heterocycles. The molecular formula is C12H17N3O2. The van der Waals surface area contributed by atoms with Gasteiger partial charge >= 0.3 is 5.69 Å². The number of rotatable bonds is 3. The van der Waals surface area contributed by atoms with E-state index in [1.165, 1.54) is 0 Å². The monoisotopic (exact) mass is 235 g/mol. The van der Waals surface area contributed by atoms with E-state index in [1.54, 1.807) is 18.2 Å². The van der Waals surface area contributed by atoms with E-state index >= 15 is 0 Å². The minimum atomic E-state index is -0.657. The third-order valence-corrected chi connectivity index (χ3v) is 3.12. The van der Waals surface area contributed by atoms with E-state index in [1.807, 2.05) is 13.8 Å². The number of aromatic nitrogens is 2. The molecule has 0 saturated carbocycles. The number of benzene rings is 1. The maximum absolute atomic E-state index is 11.1. The van der Waals surface area contributed by atoms with Gasteiger partial charge in [0.05, 0.1) is 17.1 Å². The smallest absolute Gasteiger partial charge is 0.323 e. The molecular weight excluding hydrogens is 218 g/mol. The van der Waals surface area contributed by atoms with Gasteiger partial charge in [0.2, 0.25) is 0 Å². The Hall–Kier alpha value is -1.59. The van der Waals surface area contributed by atoms with Crippen molar-refractivity contribution in [1.82, 2.24) is 9.97 Å². The number of nitrogens with one attached hydrogen (secondary N) is 2. The highest BCUT2D eigenvalue weighted by molar-refractivity contribution is 5.75. The number of H-pyrrole nitrogens is 2. The van der Waals surface area contributed by atoms with Crippen LogP contribution in [0.5, 0.6) is 0 Å². The molecule has 0 radical (unpaired) electrons. The quantitative estimate of drug-likeness (QED) is 0.636. The second kappa shape index (κ2) is 4.01. The van der Waals surface area contributed by atoms with Crippen LogP contribution in [0.4, 0.5) is 0 Å². The molecule has 0 aliphatic carbocycles. The van der Waals surface area contributed by atoms with Crippen molar-refractivity contribution >= 4 is 11.0 Å². The van der Waals surface area contributed by atoms with E-state index in [4.69, 9.17) is 5.73 Å². The van der Waals surface area contributed by atoms with Crippen LogP contribution in [0.25, 0.3) is 11.0 Å². The lowest BCUT2D eigenvalue weighted by molar-refractivity contribution is 0.0556. The summed E-state index contributed by atoms with van der Waals surface area (Å²) in [6.45, 7) is 4.19. The van der Waals surface area contributed by atoms with Gasteiger partial charge in [-0.05, 0) is 17.7 Å². The molecule has 2 aromatic rings. The Bertz CT molecular complexity index is 583. The van der Waals surface area contributed by atoms with Crippen LogP contribution < -0.4 is 11.4 Å². The van der Waals surface area contributed by atoms with E-state index in [0.29, 0.717) is 12.1 Å². The maximum Gasteiger partial charge on any atom is 0.323 e. The number of aromatic amines is 2. The fraction of sp³-hybridized carbons (Fsp3) is 0.417. The fourth-order valence-electron chi connectivity index (χ4n) is 1.78. The normalized spacial score (nSPS) is 14.1. The first-order valence-electron chi connectivity index (χ1n) is 5.54. The van der Waals surface area contributed by atoms with Gasteiger partial charge < -0.3 is 20.8 Å². The van der Waals surface area contributed by atoms with Gasteiger partial charge in [-0.15, -0.1) is 0 Å². The lowest BCUT2D eigenvalue weighted by Gasteiger charge is -2.29. The van der Waals surface area contributed by atoms with Gasteiger partial charge in [-0.1, -0.05) is 19.9 Å². The summed E-state index contributed by atoms with van der Waals surface area (Å²) < 4.78 is 0. The Kier molecular flexibility index (Phi) is 2.81. The number of hydrogen-bond acceptors (Lipinski definition) is 3. The summed E-state index contributed by atoms with van der Waals surface area (Å²) in [6, 6.07) is 5.35. The fourth-order valence-corrected chi connectivity index (χ4v) is 1.78. The van der Waals surface area contributed by atoms with Crippen LogP contribution in [0.15, 0.2) is 23.0 Å². The third-order valence-electron chi connectivity index (χ3n) is 3.12. The number of aliphatic hydroxyl groups is 1. The van der Waals surface area contributed by atoms with E-state index in [-0.39, 0.29) is 5.69 Å². The second-order valence-corrected chi connectivity index (χ2v) is 4.98. The molecule has 1 aromatic heterocycles. The van der Waals surface area contributed by atoms with Gasteiger partial charge in [-0.25, -0.2) is 4.79 Å². The van der Waals surface area contributed by atoms with Crippen molar-refractivity contribution in [2.75, 3.05) is 6.54 Å². The van der Waals surface area contributed by atoms with Crippen molar-refractivity contribution in [1.29, 1.82) is 0 Å². The molecule has 5 N–H and O–H groups in total. The van der Waals surface area contributed by atoms with Gasteiger partial charge in [0.15, 0.2) is 0 Å². The lowest BCUT2D eigenvalue weighted by Crippen LogP contribution is -2.30. The molecule has 0 spiro atoms. The molecule has 1 aromatic carbocycles. The Balaban J connectivity index is 2.45. The molecule has 1 unspecified atom stereocenters. The van der Waals surface area contributed by atoms with Crippen LogP contribution in [-0.2, 0) is 0 Å². The molecule has 5 nitrogen and oxygen atoms in total. The van der Waals surface area contributed by atoms with Gasteiger partial charge in [0, 0.05) is 12.0 Å². The second-order valence-electron chi connectivity index (χ2n) is 4.98. The molecule has 0 amide bonds. The highest BCUT2D eigenvalue weighted by Crippen LogP contribution is 2.32. The number of hydrogen-bond donors (Lipinski definition) is 4. The van der Waals surface area contributed by atoms with Gasteiger partial charge in [0.25, 0.3) is 0 Å². The topological polar surface area (TPSA) is 94.9 Å². The first-order chi connectivity index (χ1) is 7.94. The molecule has 1 atom stereocenters. The van der Waals surface area contributed by atoms with Gasteiger partial charge in [-0.2, -0.15) is 0 Å². The predicted octanol–water partition coefficient (Wildman–Crippen LogP) is 0.874. The van der Waals surface area contributed by atoms with Crippen LogP contribution in [-0.4, -0.2) is 21.6 Å². The third kappa shape index (κ3) is 2.11. The van der Waals surface area contributed by atoms with Crippen molar-refractivity contribution in [3.05, 3.63) is 34.2 Å². The highest BCUT2D eigenvalue weighted by Gasteiger charge is 2.27. The first-order valence-corrected chi connectivity index (χ1v) is 5.54. The zero-order valence-electron chi connectivity index (χ0n) is 9.95. The standard InChI is InChI=1S/C12H17N3O2/c1-12(2,6-13)10(16)7-3-4-8-9(5-7)15-11(17)14-8/h3-5,10,16H,6,13H2,1-2H3,(H2,14,15,17). The predicted molar refractivity (Wildman–Crippen MR) is 66.7 cm³/mol. The van der Waals surface area contributed by atoms with Crippen LogP contribution in [0.3, 0.4) is 0 Å². The van der Waals surface area contributed by atoms with E-state index in [0.717, 1.165) is 11.1 Å². The molecule has 0 bridgehead atoms. The number of aliphatic hydroxyl groups excluding tert-OH is 1. The Morgan fingerprint density at radius 1 is 1.35 bits per heavy atom. The summed E-state index contributed by atoms with van der Waals surface area (Å²) in [5.41, 5.74) is 7.17. The molecule has 5 heteroatoms. The number of fused-ring (bicyclic) bond motifs is 1. The molecule has 0 saturated heterocycles. The minimum absolute atomic E-state index is 0.246. The van der Waals surface area contributed by atoms with Crippen LogP contribution >= 0.6 is 0 Å². The summed E-state index contributed by atoms with van der Waals surface area (Å²) in [6.07, 6.45) is -0.657. The summed E-state index contributed by atoms with van der Waals surface area (Å²) in [5, 5.41) is 10.2. The zero-order chi connectivity index (χ0) is 12.6. The molecule has 92 valence electrons. The highest BCUT2D eigenvalue weighted by atomic mass is 16.3. The van der Waals surface area contributed by atoms with Gasteiger partial charge in [-0.3, -0.25) is 0 Å².